The zero-order valence-electron chi connectivity index (χ0n) is 14.9. The van der Waals surface area contributed by atoms with Crippen molar-refractivity contribution in [1.82, 2.24) is 15.5 Å². The molecular weight excluding hydrogens is 403 g/mol. The third-order valence-corrected chi connectivity index (χ3v) is 4.28. The molecule has 0 aromatic rings. The molecule has 1 fully saturated rings. The Morgan fingerprint density at radius 3 is 2.35 bits per heavy atom. The van der Waals surface area contributed by atoms with Crippen molar-refractivity contribution >= 4 is 35.8 Å². The molecule has 1 saturated carbocycles. The first kappa shape index (κ1) is 22.2. The average molecular weight is 436 g/mol. The first-order chi connectivity index (χ1) is 10.5. The van der Waals surface area contributed by atoms with Crippen molar-refractivity contribution in [2.45, 2.75) is 45.4 Å². The SMILES string of the molecule is C=CCNC(=NCC(=O)N(C)C)NCC1(C)CCCCCC1.I. The van der Waals surface area contributed by atoms with Gasteiger partial charge in [0.25, 0.3) is 0 Å². The lowest BCUT2D eigenvalue weighted by Crippen LogP contribution is -2.43. The van der Waals surface area contributed by atoms with Gasteiger partial charge in [0.1, 0.15) is 6.54 Å². The van der Waals surface area contributed by atoms with Crippen LogP contribution in [0.2, 0.25) is 0 Å². The third-order valence-electron chi connectivity index (χ3n) is 4.28. The van der Waals surface area contributed by atoms with Crippen LogP contribution in [0.25, 0.3) is 0 Å². The lowest BCUT2D eigenvalue weighted by molar-refractivity contribution is -0.127. The smallest absolute Gasteiger partial charge is 0.243 e. The number of carbonyl (C=O) groups excluding carboxylic acids is 1. The van der Waals surface area contributed by atoms with Gasteiger partial charge < -0.3 is 15.5 Å². The van der Waals surface area contributed by atoms with E-state index in [1.165, 1.54) is 38.5 Å². The highest BCUT2D eigenvalue weighted by atomic mass is 127. The molecule has 1 amide bonds. The minimum absolute atomic E-state index is 0. The Morgan fingerprint density at radius 1 is 1.22 bits per heavy atom. The first-order valence-electron chi connectivity index (χ1n) is 8.30. The summed E-state index contributed by atoms with van der Waals surface area (Å²) in [5.41, 5.74) is 0.318. The van der Waals surface area contributed by atoms with Gasteiger partial charge in [0, 0.05) is 27.2 Å². The monoisotopic (exact) mass is 436 g/mol. The van der Waals surface area contributed by atoms with Crippen molar-refractivity contribution in [3.05, 3.63) is 12.7 Å². The molecule has 0 radical (unpaired) electrons. The topological polar surface area (TPSA) is 56.7 Å². The van der Waals surface area contributed by atoms with Crippen molar-refractivity contribution in [2.75, 3.05) is 33.7 Å². The van der Waals surface area contributed by atoms with E-state index in [2.05, 4.69) is 29.1 Å². The van der Waals surface area contributed by atoms with Crippen LogP contribution in [0.15, 0.2) is 17.6 Å². The van der Waals surface area contributed by atoms with Crippen LogP contribution in [0.4, 0.5) is 0 Å². The lowest BCUT2D eigenvalue weighted by Gasteiger charge is -2.29. The standard InChI is InChI=1S/C17H32N4O.HI/c1-5-12-18-16(19-13-15(22)21(3)4)20-14-17(2)10-8-6-7-9-11-17;/h5H,1,6-14H2,2-4H3,(H2,18,19,20);1H. The fourth-order valence-electron chi connectivity index (χ4n) is 2.69. The van der Waals surface area contributed by atoms with Crippen molar-refractivity contribution in [1.29, 1.82) is 0 Å². The van der Waals surface area contributed by atoms with Crippen LogP contribution in [0.3, 0.4) is 0 Å². The summed E-state index contributed by atoms with van der Waals surface area (Å²) in [5, 5.41) is 6.59. The highest BCUT2D eigenvalue weighted by Crippen LogP contribution is 2.33. The van der Waals surface area contributed by atoms with Gasteiger partial charge in [-0.3, -0.25) is 4.79 Å². The number of guanidine groups is 1. The summed E-state index contributed by atoms with van der Waals surface area (Å²) < 4.78 is 0. The van der Waals surface area contributed by atoms with Crippen LogP contribution >= 0.6 is 24.0 Å². The number of hydrogen-bond acceptors (Lipinski definition) is 2. The first-order valence-corrected chi connectivity index (χ1v) is 8.30. The molecule has 1 aliphatic rings. The van der Waals surface area contributed by atoms with Gasteiger partial charge in [-0.25, -0.2) is 4.99 Å². The van der Waals surface area contributed by atoms with Crippen LogP contribution in [0, 0.1) is 5.41 Å². The quantitative estimate of drug-likeness (QED) is 0.221. The van der Waals surface area contributed by atoms with Gasteiger partial charge in [0.2, 0.25) is 5.91 Å². The van der Waals surface area contributed by atoms with Crippen LogP contribution in [0.5, 0.6) is 0 Å². The maximum absolute atomic E-state index is 11.7. The zero-order valence-corrected chi connectivity index (χ0v) is 17.2. The van der Waals surface area contributed by atoms with E-state index in [9.17, 15) is 4.79 Å². The van der Waals surface area contributed by atoms with Crippen LogP contribution in [-0.4, -0.2) is 50.5 Å². The molecular formula is C17H33IN4O. The van der Waals surface area contributed by atoms with E-state index in [0.717, 1.165) is 6.54 Å². The minimum Gasteiger partial charge on any atom is -0.356 e. The lowest BCUT2D eigenvalue weighted by atomic mass is 9.82. The molecule has 1 aliphatic carbocycles. The second-order valence-corrected chi connectivity index (χ2v) is 6.70. The second kappa shape index (κ2) is 11.7. The van der Waals surface area contributed by atoms with Gasteiger partial charge in [-0.1, -0.05) is 38.7 Å². The summed E-state index contributed by atoms with van der Waals surface area (Å²) in [6.07, 6.45) is 9.62. The predicted octanol–water partition coefficient (Wildman–Crippen LogP) is 2.77. The maximum Gasteiger partial charge on any atom is 0.243 e. The molecule has 0 bridgehead atoms. The largest absolute Gasteiger partial charge is 0.356 e. The van der Waals surface area contributed by atoms with Crippen LogP contribution < -0.4 is 10.6 Å². The van der Waals surface area contributed by atoms with Crippen LogP contribution in [-0.2, 0) is 4.79 Å². The van der Waals surface area contributed by atoms with Crippen molar-refractivity contribution in [3.8, 4) is 0 Å². The Kier molecular flexibility index (Phi) is 11.3. The minimum atomic E-state index is 0. The Labute approximate surface area is 158 Å². The maximum atomic E-state index is 11.7. The Balaban J connectivity index is 0.00000484. The summed E-state index contributed by atoms with van der Waals surface area (Å²) in [4.78, 5) is 17.6. The predicted molar refractivity (Wildman–Crippen MR) is 108 cm³/mol. The van der Waals surface area contributed by atoms with Crippen LogP contribution in [0.1, 0.15) is 45.4 Å². The van der Waals surface area contributed by atoms with Crippen molar-refractivity contribution in [2.24, 2.45) is 10.4 Å². The molecule has 0 atom stereocenters. The van der Waals surface area contributed by atoms with Crippen molar-refractivity contribution in [3.63, 3.8) is 0 Å². The number of amides is 1. The van der Waals surface area contributed by atoms with E-state index < -0.39 is 0 Å². The summed E-state index contributed by atoms with van der Waals surface area (Å²) in [7, 11) is 3.49. The van der Waals surface area contributed by atoms with E-state index in [0.29, 0.717) is 17.9 Å². The number of nitrogens with one attached hydrogen (secondary N) is 2. The average Bonchev–Trinajstić information content (AvgIpc) is 2.71. The fourth-order valence-corrected chi connectivity index (χ4v) is 2.69. The number of nitrogens with zero attached hydrogens (tertiary/aromatic N) is 2. The molecule has 0 saturated heterocycles. The van der Waals surface area contributed by atoms with E-state index in [4.69, 9.17) is 0 Å². The summed E-state index contributed by atoms with van der Waals surface area (Å²) in [5.74, 6) is 0.695. The van der Waals surface area contributed by atoms with Gasteiger partial charge >= 0.3 is 0 Å². The van der Waals surface area contributed by atoms with E-state index in [-0.39, 0.29) is 36.4 Å². The molecule has 5 nitrogen and oxygen atoms in total. The summed E-state index contributed by atoms with van der Waals surface area (Å²) >= 11 is 0. The number of likely N-dealkylation sites (N-methyl/N-ethyl adjacent to an activating group) is 1. The molecule has 0 aromatic carbocycles. The normalized spacial score (nSPS) is 17.4. The Bertz CT molecular complexity index is 388. The number of rotatable bonds is 6. The number of aliphatic imine (C=N–C) groups is 1. The van der Waals surface area contributed by atoms with Gasteiger partial charge in [0.05, 0.1) is 0 Å². The Morgan fingerprint density at radius 2 is 1.83 bits per heavy atom. The van der Waals surface area contributed by atoms with E-state index in [1.54, 1.807) is 25.1 Å². The van der Waals surface area contributed by atoms with Gasteiger partial charge in [-0.2, -0.15) is 0 Å². The van der Waals surface area contributed by atoms with Gasteiger partial charge in [0.15, 0.2) is 5.96 Å². The highest BCUT2D eigenvalue weighted by molar-refractivity contribution is 14.0. The van der Waals surface area contributed by atoms with Gasteiger partial charge in [-0.15, -0.1) is 30.6 Å². The van der Waals surface area contributed by atoms with E-state index >= 15 is 0 Å². The number of carbonyl (C=O) groups is 1. The Hall–Kier alpha value is -0.790. The number of hydrogen-bond donors (Lipinski definition) is 2. The molecule has 0 heterocycles. The van der Waals surface area contributed by atoms with Crippen molar-refractivity contribution < 1.29 is 4.79 Å². The molecule has 1 rings (SSSR count). The highest BCUT2D eigenvalue weighted by Gasteiger charge is 2.25. The molecule has 6 heteroatoms. The fraction of sp³-hybridized carbons (Fsp3) is 0.765. The third kappa shape index (κ3) is 9.17. The molecule has 23 heavy (non-hydrogen) atoms. The molecule has 2 N–H and O–H groups in total. The zero-order chi connectivity index (χ0) is 16.4. The molecule has 0 aromatic heterocycles. The van der Waals surface area contributed by atoms with Gasteiger partial charge in [-0.05, 0) is 18.3 Å². The molecule has 0 unspecified atom stereocenters. The summed E-state index contributed by atoms with van der Waals surface area (Å²) in [6, 6.07) is 0. The second-order valence-electron chi connectivity index (χ2n) is 6.70. The molecule has 134 valence electrons. The summed E-state index contributed by atoms with van der Waals surface area (Å²) in [6.45, 7) is 7.76. The van der Waals surface area contributed by atoms with E-state index in [1.807, 2.05) is 0 Å². The molecule has 0 spiro atoms. The molecule has 0 aliphatic heterocycles. The number of halogens is 1.